The van der Waals surface area contributed by atoms with Gasteiger partial charge in [-0.3, -0.25) is 4.48 Å². The van der Waals surface area contributed by atoms with Gasteiger partial charge in [0.15, 0.2) is 6.23 Å². The van der Waals surface area contributed by atoms with E-state index in [2.05, 4.69) is 34.3 Å². The third kappa shape index (κ3) is 7.44. The van der Waals surface area contributed by atoms with Crippen molar-refractivity contribution in [3.05, 3.63) is 12.2 Å². The first kappa shape index (κ1) is 19.7. The maximum absolute atomic E-state index is 6.13. The molecule has 0 radical (unpaired) electrons. The zero-order valence-corrected chi connectivity index (χ0v) is 14.7. The highest BCUT2D eigenvalue weighted by Gasteiger charge is 2.33. The van der Waals surface area contributed by atoms with E-state index >= 15 is 0 Å². The first-order chi connectivity index (χ1) is 9.52. The second kappa shape index (κ2) is 11.3. The van der Waals surface area contributed by atoms with Gasteiger partial charge in [-0.25, -0.2) is 0 Å². The molecule has 0 spiro atoms. The van der Waals surface area contributed by atoms with Gasteiger partial charge >= 0.3 is 0 Å². The lowest BCUT2D eigenvalue weighted by atomic mass is 10.1. The van der Waals surface area contributed by atoms with E-state index in [0.29, 0.717) is 6.61 Å². The molecule has 20 heavy (non-hydrogen) atoms. The van der Waals surface area contributed by atoms with Gasteiger partial charge in [0, 0.05) is 6.92 Å². The van der Waals surface area contributed by atoms with Gasteiger partial charge in [0.2, 0.25) is 0 Å². The van der Waals surface area contributed by atoms with Crippen LogP contribution in [0.25, 0.3) is 0 Å². The minimum Gasteiger partial charge on any atom is -0.325 e. The predicted octanol–water partition coefficient (Wildman–Crippen LogP) is 5.14. The monoisotopic (exact) mass is 284 g/mol. The summed E-state index contributed by atoms with van der Waals surface area (Å²) in [6, 6.07) is 0. The summed E-state index contributed by atoms with van der Waals surface area (Å²) in [6.45, 7) is 19.6. The van der Waals surface area contributed by atoms with Gasteiger partial charge < -0.3 is 4.74 Å². The van der Waals surface area contributed by atoms with Crippen LogP contribution in [0, 0.1) is 0 Å². The Morgan fingerprint density at radius 3 is 1.65 bits per heavy atom. The molecule has 1 unspecified atom stereocenters. The number of hydrogen-bond donors (Lipinski definition) is 0. The average Bonchev–Trinajstić information content (AvgIpc) is 2.44. The van der Waals surface area contributed by atoms with Crippen LogP contribution in [0.1, 0.15) is 73.1 Å². The quantitative estimate of drug-likeness (QED) is 0.258. The Balaban J connectivity index is 4.84. The van der Waals surface area contributed by atoms with Gasteiger partial charge in [0.1, 0.15) is 0 Å². The Labute approximate surface area is 127 Å². The lowest BCUT2D eigenvalue weighted by molar-refractivity contribution is -0.970. The lowest BCUT2D eigenvalue weighted by Crippen LogP contribution is -2.57. The fraction of sp³-hybridized carbons (Fsp3) is 0.889. The van der Waals surface area contributed by atoms with E-state index < -0.39 is 0 Å². The Bertz CT molecular complexity index is 228. The SMILES string of the molecule is C=C(C)COC(C)[N+](CCCC)(CCCC)CCCC. The molecule has 1 atom stereocenters. The van der Waals surface area contributed by atoms with E-state index in [-0.39, 0.29) is 6.23 Å². The maximum Gasteiger partial charge on any atom is 0.190 e. The van der Waals surface area contributed by atoms with Crippen molar-refractivity contribution in [2.75, 3.05) is 26.2 Å². The summed E-state index contributed by atoms with van der Waals surface area (Å²) < 4.78 is 7.27. The molecule has 0 aromatic rings. The van der Waals surface area contributed by atoms with Crippen LogP contribution in [0.3, 0.4) is 0 Å². The molecule has 2 nitrogen and oxygen atoms in total. The Morgan fingerprint density at radius 2 is 1.35 bits per heavy atom. The van der Waals surface area contributed by atoms with Crippen molar-refractivity contribution >= 4 is 0 Å². The summed E-state index contributed by atoms with van der Waals surface area (Å²) in [7, 11) is 0. The standard InChI is InChI=1S/C18H38NO/c1-7-10-13-19(14-11-8-2,15-12-9-3)18(6)20-16-17(4)5/h18H,4,7-16H2,1-3,5-6H3/q+1. The summed E-state index contributed by atoms with van der Waals surface area (Å²) in [5.74, 6) is 0. The fourth-order valence-corrected chi connectivity index (χ4v) is 2.72. The molecule has 0 fully saturated rings. The first-order valence-electron chi connectivity index (χ1n) is 8.64. The van der Waals surface area contributed by atoms with E-state index in [4.69, 9.17) is 4.74 Å². The molecule has 0 aromatic carbocycles. The van der Waals surface area contributed by atoms with Gasteiger partial charge in [-0.2, -0.15) is 0 Å². The molecular weight excluding hydrogens is 246 g/mol. The van der Waals surface area contributed by atoms with Crippen LogP contribution in [0.4, 0.5) is 0 Å². The number of unbranched alkanes of at least 4 members (excludes halogenated alkanes) is 3. The van der Waals surface area contributed by atoms with Crippen LogP contribution >= 0.6 is 0 Å². The van der Waals surface area contributed by atoms with Crippen molar-refractivity contribution < 1.29 is 9.22 Å². The van der Waals surface area contributed by atoms with Gasteiger partial charge in [-0.1, -0.05) is 52.2 Å². The number of rotatable bonds is 13. The van der Waals surface area contributed by atoms with Crippen molar-refractivity contribution in [1.82, 2.24) is 0 Å². The molecule has 120 valence electrons. The van der Waals surface area contributed by atoms with Crippen LogP contribution in [-0.2, 0) is 4.74 Å². The average molecular weight is 285 g/mol. The molecule has 0 aromatic heterocycles. The molecule has 0 bridgehead atoms. The highest BCUT2D eigenvalue weighted by Crippen LogP contribution is 2.21. The van der Waals surface area contributed by atoms with E-state index in [0.717, 1.165) is 10.1 Å². The molecule has 0 saturated heterocycles. The van der Waals surface area contributed by atoms with Crippen molar-refractivity contribution in [3.8, 4) is 0 Å². The van der Waals surface area contributed by atoms with Crippen molar-refractivity contribution in [2.45, 2.75) is 79.4 Å². The number of hydrogen-bond acceptors (Lipinski definition) is 1. The Hall–Kier alpha value is -0.340. The second-order valence-electron chi connectivity index (χ2n) is 6.32. The van der Waals surface area contributed by atoms with Gasteiger partial charge in [-0.15, -0.1) is 0 Å². The van der Waals surface area contributed by atoms with Crippen LogP contribution < -0.4 is 0 Å². The Kier molecular flexibility index (Phi) is 11.1. The molecule has 0 aliphatic rings. The molecule has 0 heterocycles. The molecule has 0 rings (SSSR count). The molecule has 0 N–H and O–H groups in total. The summed E-state index contributed by atoms with van der Waals surface area (Å²) in [6.07, 6.45) is 8.00. The smallest absolute Gasteiger partial charge is 0.190 e. The van der Waals surface area contributed by atoms with Crippen LogP contribution in [0.5, 0.6) is 0 Å². The predicted molar refractivity (Wildman–Crippen MR) is 89.8 cm³/mol. The first-order valence-corrected chi connectivity index (χ1v) is 8.64. The second-order valence-corrected chi connectivity index (χ2v) is 6.32. The van der Waals surface area contributed by atoms with E-state index in [1.165, 1.54) is 58.2 Å². The zero-order chi connectivity index (χ0) is 15.4. The highest BCUT2D eigenvalue weighted by atomic mass is 16.5. The van der Waals surface area contributed by atoms with Crippen LogP contribution in [-0.4, -0.2) is 37.0 Å². The van der Waals surface area contributed by atoms with Gasteiger partial charge in [0.25, 0.3) is 0 Å². The topological polar surface area (TPSA) is 9.23 Å². The highest BCUT2D eigenvalue weighted by molar-refractivity contribution is 4.87. The number of ether oxygens (including phenoxy) is 1. The van der Waals surface area contributed by atoms with Crippen molar-refractivity contribution in [2.24, 2.45) is 0 Å². The molecule has 2 heteroatoms. The van der Waals surface area contributed by atoms with Crippen molar-refractivity contribution in [1.29, 1.82) is 0 Å². The van der Waals surface area contributed by atoms with E-state index in [1.807, 2.05) is 6.92 Å². The summed E-state index contributed by atoms with van der Waals surface area (Å²) in [5.41, 5.74) is 1.12. The number of quaternary nitrogens is 1. The number of nitrogens with zero attached hydrogens (tertiary/aromatic N) is 1. The maximum atomic E-state index is 6.13. The normalized spacial score (nSPS) is 13.4. The van der Waals surface area contributed by atoms with E-state index in [9.17, 15) is 0 Å². The summed E-state index contributed by atoms with van der Waals surface area (Å²) in [5, 5.41) is 0. The largest absolute Gasteiger partial charge is 0.325 e. The molecule has 0 saturated carbocycles. The molecular formula is C18H38NO+. The van der Waals surface area contributed by atoms with Gasteiger partial charge in [-0.05, 0) is 26.2 Å². The minimum atomic E-state index is 0.288. The zero-order valence-electron chi connectivity index (χ0n) is 14.7. The van der Waals surface area contributed by atoms with Gasteiger partial charge in [0.05, 0.1) is 26.2 Å². The van der Waals surface area contributed by atoms with Crippen LogP contribution in [0.2, 0.25) is 0 Å². The fourth-order valence-electron chi connectivity index (χ4n) is 2.72. The van der Waals surface area contributed by atoms with Crippen LogP contribution in [0.15, 0.2) is 12.2 Å². The Morgan fingerprint density at radius 1 is 0.950 bits per heavy atom. The molecule has 0 amide bonds. The molecule has 0 aliphatic heterocycles. The van der Waals surface area contributed by atoms with E-state index in [1.54, 1.807) is 0 Å². The van der Waals surface area contributed by atoms with Crippen molar-refractivity contribution in [3.63, 3.8) is 0 Å². The lowest BCUT2D eigenvalue weighted by Gasteiger charge is -2.43. The summed E-state index contributed by atoms with van der Waals surface area (Å²) in [4.78, 5) is 0. The third-order valence-electron chi connectivity index (χ3n) is 4.21. The molecule has 0 aliphatic carbocycles. The minimum absolute atomic E-state index is 0.288. The summed E-state index contributed by atoms with van der Waals surface area (Å²) >= 11 is 0. The third-order valence-corrected chi connectivity index (χ3v) is 4.21.